The number of aromatic nitrogens is 1. The van der Waals surface area contributed by atoms with Crippen LogP contribution >= 0.6 is 0 Å². The predicted molar refractivity (Wildman–Crippen MR) is 122 cm³/mol. The lowest BCUT2D eigenvalue weighted by molar-refractivity contribution is 0.0963. The number of guanidine groups is 1. The van der Waals surface area contributed by atoms with Crippen LogP contribution in [0.2, 0.25) is 0 Å². The van der Waals surface area contributed by atoms with Gasteiger partial charge in [-0.2, -0.15) is 0 Å². The summed E-state index contributed by atoms with van der Waals surface area (Å²) in [6.45, 7) is 3.60. The van der Waals surface area contributed by atoms with E-state index in [0.29, 0.717) is 12.1 Å². The number of anilines is 1. The van der Waals surface area contributed by atoms with Gasteiger partial charge < -0.3 is 20.9 Å². The molecule has 0 atom stereocenters. The Hall–Kier alpha value is -3.09. The fraction of sp³-hybridized carbons (Fsp3) is 0.435. The Labute approximate surface area is 179 Å². The van der Waals surface area contributed by atoms with Crippen molar-refractivity contribution in [2.45, 2.75) is 32.2 Å². The molecule has 0 unspecified atom stereocenters. The molecule has 7 heteroatoms. The highest BCUT2D eigenvalue weighted by molar-refractivity contribution is 5.94. The number of nitrogens with one attached hydrogen (secondary N) is 3. The van der Waals surface area contributed by atoms with Gasteiger partial charge in [0.15, 0.2) is 5.96 Å². The zero-order valence-electron chi connectivity index (χ0n) is 17.9. The number of rotatable bonds is 7. The largest absolute Gasteiger partial charge is 0.357 e. The van der Waals surface area contributed by atoms with Gasteiger partial charge in [-0.25, -0.2) is 4.98 Å². The molecule has 0 spiro atoms. The van der Waals surface area contributed by atoms with Crippen LogP contribution in [0, 0.1) is 0 Å². The van der Waals surface area contributed by atoms with Gasteiger partial charge in [0.05, 0.1) is 0 Å². The lowest BCUT2D eigenvalue weighted by atomic mass is 10.1. The van der Waals surface area contributed by atoms with E-state index in [0.717, 1.165) is 43.4 Å². The minimum atomic E-state index is -0.0661. The molecule has 1 aromatic carbocycles. The molecule has 160 valence electrons. The smallest absolute Gasteiger partial charge is 0.251 e. The Morgan fingerprint density at radius 3 is 2.70 bits per heavy atom. The van der Waals surface area contributed by atoms with Crippen molar-refractivity contribution in [2.24, 2.45) is 4.99 Å². The number of benzene rings is 1. The quantitative estimate of drug-likeness (QED) is 0.484. The molecule has 0 bridgehead atoms. The van der Waals surface area contributed by atoms with Crippen molar-refractivity contribution in [3.8, 4) is 0 Å². The molecule has 2 aromatic rings. The second-order valence-corrected chi connectivity index (χ2v) is 7.45. The van der Waals surface area contributed by atoms with E-state index in [1.165, 1.54) is 24.8 Å². The van der Waals surface area contributed by atoms with E-state index >= 15 is 0 Å². The zero-order chi connectivity index (χ0) is 21.2. The van der Waals surface area contributed by atoms with Crippen LogP contribution in [-0.2, 0) is 13.0 Å². The molecule has 3 N–H and O–H groups in total. The molecule has 1 aromatic heterocycles. The minimum Gasteiger partial charge on any atom is -0.357 e. The van der Waals surface area contributed by atoms with E-state index in [4.69, 9.17) is 0 Å². The maximum atomic E-state index is 11.8. The molecule has 2 heterocycles. The topological polar surface area (TPSA) is 81.6 Å². The average Bonchev–Trinajstić information content (AvgIpc) is 2.81. The number of piperidine rings is 1. The number of aliphatic imine (C=N–C) groups is 1. The third-order valence-corrected chi connectivity index (χ3v) is 5.30. The molecule has 0 radical (unpaired) electrons. The molecular weight excluding hydrogens is 376 g/mol. The van der Waals surface area contributed by atoms with Gasteiger partial charge in [-0.15, -0.1) is 0 Å². The van der Waals surface area contributed by atoms with E-state index in [1.807, 2.05) is 36.5 Å². The van der Waals surface area contributed by atoms with Gasteiger partial charge in [0.2, 0.25) is 0 Å². The van der Waals surface area contributed by atoms with Crippen LogP contribution in [0.15, 0.2) is 47.6 Å². The summed E-state index contributed by atoms with van der Waals surface area (Å²) in [5.41, 5.74) is 2.98. The van der Waals surface area contributed by atoms with Crippen molar-refractivity contribution in [2.75, 3.05) is 38.6 Å². The highest BCUT2D eigenvalue weighted by Crippen LogP contribution is 2.18. The summed E-state index contributed by atoms with van der Waals surface area (Å²) in [7, 11) is 3.41. The second-order valence-electron chi connectivity index (χ2n) is 7.45. The van der Waals surface area contributed by atoms with Gasteiger partial charge >= 0.3 is 0 Å². The van der Waals surface area contributed by atoms with Crippen molar-refractivity contribution in [3.63, 3.8) is 0 Å². The van der Waals surface area contributed by atoms with Crippen LogP contribution in [0.4, 0.5) is 5.82 Å². The van der Waals surface area contributed by atoms with E-state index in [9.17, 15) is 4.79 Å². The first-order valence-electron chi connectivity index (χ1n) is 10.6. The summed E-state index contributed by atoms with van der Waals surface area (Å²) >= 11 is 0. The molecule has 1 saturated heterocycles. The molecule has 0 aliphatic carbocycles. The molecule has 0 saturated carbocycles. The third kappa shape index (κ3) is 6.20. The first kappa shape index (κ1) is 21.6. The highest BCUT2D eigenvalue weighted by Gasteiger charge is 2.12. The molecule has 1 amide bonds. The Bertz CT molecular complexity index is 860. The number of amides is 1. The molecule has 1 aliphatic heterocycles. The number of nitrogens with zero attached hydrogens (tertiary/aromatic N) is 3. The van der Waals surface area contributed by atoms with Crippen LogP contribution in [0.5, 0.6) is 0 Å². The maximum absolute atomic E-state index is 11.8. The van der Waals surface area contributed by atoms with Crippen molar-refractivity contribution >= 4 is 17.7 Å². The summed E-state index contributed by atoms with van der Waals surface area (Å²) in [5.74, 6) is 1.75. The predicted octanol–water partition coefficient (Wildman–Crippen LogP) is 2.34. The van der Waals surface area contributed by atoms with Crippen molar-refractivity contribution < 1.29 is 4.79 Å². The summed E-state index contributed by atoms with van der Waals surface area (Å²) in [4.78, 5) is 23.0. The van der Waals surface area contributed by atoms with Crippen LogP contribution in [0.25, 0.3) is 0 Å². The second kappa shape index (κ2) is 11.2. The minimum absolute atomic E-state index is 0.0661. The summed E-state index contributed by atoms with van der Waals surface area (Å²) in [5, 5.41) is 9.37. The van der Waals surface area contributed by atoms with Crippen LogP contribution in [0.3, 0.4) is 0 Å². The molecule has 30 heavy (non-hydrogen) atoms. The van der Waals surface area contributed by atoms with E-state index in [1.54, 1.807) is 14.1 Å². The number of pyridine rings is 1. The van der Waals surface area contributed by atoms with Gasteiger partial charge in [-0.1, -0.05) is 12.1 Å². The Morgan fingerprint density at radius 2 is 1.93 bits per heavy atom. The van der Waals surface area contributed by atoms with Crippen molar-refractivity contribution in [3.05, 3.63) is 59.3 Å². The first-order chi connectivity index (χ1) is 14.7. The van der Waals surface area contributed by atoms with E-state index in [2.05, 4.69) is 36.9 Å². The average molecular weight is 409 g/mol. The van der Waals surface area contributed by atoms with Gasteiger partial charge in [0, 0.05) is 52.0 Å². The van der Waals surface area contributed by atoms with Gasteiger partial charge in [-0.05, 0) is 61.1 Å². The molecular formula is C23H32N6O. The third-order valence-electron chi connectivity index (χ3n) is 5.30. The fourth-order valence-electron chi connectivity index (χ4n) is 3.61. The molecule has 7 nitrogen and oxygen atoms in total. The van der Waals surface area contributed by atoms with Crippen LogP contribution in [0.1, 0.15) is 40.7 Å². The standard InChI is InChI=1S/C23H32N6O/c1-24-22(30)20-8-6-7-18(15-20)9-12-27-23(25-2)28-17-19-10-11-26-21(16-19)29-13-4-3-5-14-29/h6-8,10-11,15-16H,3-5,9,12-14,17H2,1-2H3,(H,24,30)(H2,25,27,28). The molecule has 1 fully saturated rings. The normalized spacial score (nSPS) is 14.3. The Morgan fingerprint density at radius 1 is 1.10 bits per heavy atom. The summed E-state index contributed by atoms with van der Waals surface area (Å²) in [6, 6.07) is 11.9. The van der Waals surface area contributed by atoms with Gasteiger partial charge in [0.1, 0.15) is 5.82 Å². The SMILES string of the molecule is CN=C(NCCc1cccc(C(=O)NC)c1)NCc1ccnc(N2CCCCC2)c1. The molecule has 1 aliphatic rings. The van der Waals surface area contributed by atoms with E-state index in [-0.39, 0.29) is 5.91 Å². The Kier molecular flexibility index (Phi) is 8.06. The van der Waals surface area contributed by atoms with Crippen LogP contribution in [-0.4, -0.2) is 50.6 Å². The number of hydrogen-bond acceptors (Lipinski definition) is 4. The Balaban J connectivity index is 1.48. The van der Waals surface area contributed by atoms with Crippen molar-refractivity contribution in [1.29, 1.82) is 0 Å². The lowest BCUT2D eigenvalue weighted by Gasteiger charge is -2.28. The van der Waals surface area contributed by atoms with Gasteiger partial charge in [-0.3, -0.25) is 9.79 Å². The van der Waals surface area contributed by atoms with Crippen molar-refractivity contribution in [1.82, 2.24) is 20.9 Å². The van der Waals surface area contributed by atoms with Gasteiger partial charge in [0.25, 0.3) is 5.91 Å². The first-order valence-corrected chi connectivity index (χ1v) is 10.6. The zero-order valence-corrected chi connectivity index (χ0v) is 17.9. The monoisotopic (exact) mass is 408 g/mol. The van der Waals surface area contributed by atoms with E-state index < -0.39 is 0 Å². The number of carbonyl (C=O) groups excluding carboxylic acids is 1. The summed E-state index contributed by atoms with van der Waals surface area (Å²) in [6.07, 6.45) is 6.49. The highest BCUT2D eigenvalue weighted by atomic mass is 16.1. The maximum Gasteiger partial charge on any atom is 0.251 e. The lowest BCUT2D eigenvalue weighted by Crippen LogP contribution is -2.38. The number of carbonyl (C=O) groups is 1. The summed E-state index contributed by atoms with van der Waals surface area (Å²) < 4.78 is 0. The number of hydrogen-bond donors (Lipinski definition) is 3. The molecule has 3 rings (SSSR count). The van der Waals surface area contributed by atoms with Crippen LogP contribution < -0.4 is 20.9 Å². The fourth-order valence-corrected chi connectivity index (χ4v) is 3.61.